The van der Waals surface area contributed by atoms with Crippen LogP contribution >= 0.6 is 0 Å². The molecule has 0 aromatic heterocycles. The van der Waals surface area contributed by atoms with Crippen LogP contribution in [0.1, 0.15) is 47.0 Å². The average molecular weight is 212 g/mol. The Hall–Kier alpha value is -0.0800. The predicted molar refractivity (Wildman–Crippen MR) is 67.2 cm³/mol. The molecule has 1 aliphatic heterocycles. The van der Waals surface area contributed by atoms with Gasteiger partial charge in [0.05, 0.1) is 0 Å². The lowest BCUT2D eigenvalue weighted by atomic mass is 10.0. The molecule has 1 N–H and O–H groups in total. The van der Waals surface area contributed by atoms with E-state index in [1.807, 2.05) is 0 Å². The number of nitrogens with zero attached hydrogens (tertiary/aromatic N) is 1. The standard InChI is InChI=1S/C13H28N2/c1-5-15-9-6-7-13(8-10-15)14-12(4)11(2)3/h11-14H,5-10H2,1-4H3. The largest absolute Gasteiger partial charge is 0.311 e. The first-order chi connectivity index (χ1) is 7.13. The van der Waals surface area contributed by atoms with Gasteiger partial charge in [0.2, 0.25) is 0 Å². The zero-order valence-electron chi connectivity index (χ0n) is 10.9. The first-order valence-corrected chi connectivity index (χ1v) is 6.62. The Labute approximate surface area is 95.4 Å². The van der Waals surface area contributed by atoms with E-state index in [-0.39, 0.29) is 0 Å². The second kappa shape index (κ2) is 6.49. The number of hydrogen-bond donors (Lipinski definition) is 1. The third kappa shape index (κ3) is 4.52. The highest BCUT2D eigenvalue weighted by Gasteiger charge is 2.18. The van der Waals surface area contributed by atoms with E-state index >= 15 is 0 Å². The fourth-order valence-corrected chi connectivity index (χ4v) is 2.20. The molecule has 0 amide bonds. The van der Waals surface area contributed by atoms with Crippen LogP contribution in [0.25, 0.3) is 0 Å². The summed E-state index contributed by atoms with van der Waals surface area (Å²) in [7, 11) is 0. The highest BCUT2D eigenvalue weighted by molar-refractivity contribution is 4.78. The summed E-state index contributed by atoms with van der Waals surface area (Å²) in [5, 5.41) is 3.78. The van der Waals surface area contributed by atoms with E-state index in [9.17, 15) is 0 Å². The van der Waals surface area contributed by atoms with Gasteiger partial charge < -0.3 is 10.2 Å². The van der Waals surface area contributed by atoms with Gasteiger partial charge >= 0.3 is 0 Å². The third-order valence-corrected chi connectivity index (χ3v) is 3.77. The summed E-state index contributed by atoms with van der Waals surface area (Å²) in [5.41, 5.74) is 0. The van der Waals surface area contributed by atoms with Crippen molar-refractivity contribution in [2.75, 3.05) is 19.6 Å². The average Bonchev–Trinajstić information content (AvgIpc) is 2.43. The molecule has 0 saturated carbocycles. The van der Waals surface area contributed by atoms with Gasteiger partial charge in [0.1, 0.15) is 0 Å². The van der Waals surface area contributed by atoms with Gasteiger partial charge in [0, 0.05) is 12.1 Å². The van der Waals surface area contributed by atoms with Crippen LogP contribution < -0.4 is 5.32 Å². The number of nitrogens with one attached hydrogen (secondary N) is 1. The van der Waals surface area contributed by atoms with E-state index in [2.05, 4.69) is 37.9 Å². The second-order valence-corrected chi connectivity index (χ2v) is 5.26. The van der Waals surface area contributed by atoms with Crippen molar-refractivity contribution in [3.8, 4) is 0 Å². The van der Waals surface area contributed by atoms with E-state index in [1.54, 1.807) is 0 Å². The van der Waals surface area contributed by atoms with Gasteiger partial charge in [-0.15, -0.1) is 0 Å². The number of rotatable bonds is 4. The monoisotopic (exact) mass is 212 g/mol. The molecular weight excluding hydrogens is 184 g/mol. The van der Waals surface area contributed by atoms with Gasteiger partial charge in [-0.3, -0.25) is 0 Å². The van der Waals surface area contributed by atoms with Gasteiger partial charge in [-0.2, -0.15) is 0 Å². The molecule has 15 heavy (non-hydrogen) atoms. The molecule has 1 aliphatic rings. The van der Waals surface area contributed by atoms with Crippen LogP contribution in [0.2, 0.25) is 0 Å². The summed E-state index contributed by atoms with van der Waals surface area (Å²) in [6.45, 7) is 13.0. The molecule has 0 bridgehead atoms. The van der Waals surface area contributed by atoms with Crippen LogP contribution in [0, 0.1) is 5.92 Å². The molecule has 2 heteroatoms. The van der Waals surface area contributed by atoms with Crippen molar-refractivity contribution in [3.63, 3.8) is 0 Å². The molecule has 1 rings (SSSR count). The summed E-state index contributed by atoms with van der Waals surface area (Å²) in [5.74, 6) is 0.746. The zero-order valence-corrected chi connectivity index (χ0v) is 10.9. The Morgan fingerprint density at radius 1 is 1.20 bits per heavy atom. The maximum Gasteiger partial charge on any atom is 0.00822 e. The smallest absolute Gasteiger partial charge is 0.00822 e. The molecule has 2 unspecified atom stereocenters. The maximum absolute atomic E-state index is 3.78. The topological polar surface area (TPSA) is 15.3 Å². The van der Waals surface area contributed by atoms with Crippen molar-refractivity contribution in [1.29, 1.82) is 0 Å². The first-order valence-electron chi connectivity index (χ1n) is 6.62. The second-order valence-electron chi connectivity index (χ2n) is 5.26. The summed E-state index contributed by atoms with van der Waals surface area (Å²) in [4.78, 5) is 2.57. The lowest BCUT2D eigenvalue weighted by Crippen LogP contribution is -2.40. The first kappa shape index (κ1) is 13.0. The molecule has 2 nitrogen and oxygen atoms in total. The Morgan fingerprint density at radius 3 is 2.53 bits per heavy atom. The predicted octanol–water partition coefficient (Wildman–Crippen LogP) is 2.49. The summed E-state index contributed by atoms with van der Waals surface area (Å²) in [6.07, 6.45) is 4.04. The molecule has 0 aromatic rings. The third-order valence-electron chi connectivity index (χ3n) is 3.77. The van der Waals surface area contributed by atoms with Crippen molar-refractivity contribution in [2.24, 2.45) is 5.92 Å². The van der Waals surface area contributed by atoms with Crippen molar-refractivity contribution in [1.82, 2.24) is 10.2 Å². The zero-order chi connectivity index (χ0) is 11.3. The van der Waals surface area contributed by atoms with Crippen LogP contribution in [0.5, 0.6) is 0 Å². The normalized spacial score (nSPS) is 26.6. The lowest BCUT2D eigenvalue weighted by molar-refractivity contribution is 0.292. The van der Waals surface area contributed by atoms with E-state index in [1.165, 1.54) is 38.9 Å². The Morgan fingerprint density at radius 2 is 1.93 bits per heavy atom. The van der Waals surface area contributed by atoms with Crippen LogP contribution in [0.3, 0.4) is 0 Å². The van der Waals surface area contributed by atoms with E-state index in [0.717, 1.165) is 12.0 Å². The molecule has 1 fully saturated rings. The van der Waals surface area contributed by atoms with Gasteiger partial charge in [-0.25, -0.2) is 0 Å². The van der Waals surface area contributed by atoms with Crippen molar-refractivity contribution in [3.05, 3.63) is 0 Å². The van der Waals surface area contributed by atoms with E-state index < -0.39 is 0 Å². The molecule has 1 saturated heterocycles. The minimum Gasteiger partial charge on any atom is -0.311 e. The minimum atomic E-state index is 0.656. The van der Waals surface area contributed by atoms with E-state index in [4.69, 9.17) is 0 Å². The summed E-state index contributed by atoms with van der Waals surface area (Å²) in [6, 6.07) is 1.40. The maximum atomic E-state index is 3.78. The van der Waals surface area contributed by atoms with Crippen molar-refractivity contribution in [2.45, 2.75) is 59.0 Å². The Kier molecular flexibility index (Phi) is 5.62. The molecule has 0 radical (unpaired) electrons. The molecule has 2 atom stereocenters. The molecule has 0 aromatic carbocycles. The fraction of sp³-hybridized carbons (Fsp3) is 1.00. The van der Waals surface area contributed by atoms with Gasteiger partial charge in [0.15, 0.2) is 0 Å². The van der Waals surface area contributed by atoms with Gasteiger partial charge in [-0.1, -0.05) is 20.8 Å². The van der Waals surface area contributed by atoms with Crippen LogP contribution in [-0.4, -0.2) is 36.6 Å². The van der Waals surface area contributed by atoms with Crippen molar-refractivity contribution >= 4 is 0 Å². The number of hydrogen-bond acceptors (Lipinski definition) is 2. The Balaban J connectivity index is 2.31. The van der Waals surface area contributed by atoms with E-state index in [0.29, 0.717) is 6.04 Å². The molecule has 1 heterocycles. The van der Waals surface area contributed by atoms with Crippen LogP contribution in [0.4, 0.5) is 0 Å². The molecule has 90 valence electrons. The van der Waals surface area contributed by atoms with Crippen LogP contribution in [0.15, 0.2) is 0 Å². The molecule has 0 aliphatic carbocycles. The molecular formula is C13H28N2. The van der Waals surface area contributed by atoms with Gasteiger partial charge in [-0.05, 0) is 51.7 Å². The fourth-order valence-electron chi connectivity index (χ4n) is 2.20. The number of likely N-dealkylation sites (tertiary alicyclic amines) is 1. The highest BCUT2D eigenvalue weighted by Crippen LogP contribution is 2.13. The highest BCUT2D eigenvalue weighted by atomic mass is 15.1. The SMILES string of the molecule is CCN1CCCC(NC(C)C(C)C)CC1. The lowest BCUT2D eigenvalue weighted by Gasteiger charge is -2.24. The summed E-state index contributed by atoms with van der Waals surface area (Å²) < 4.78 is 0. The summed E-state index contributed by atoms with van der Waals surface area (Å²) >= 11 is 0. The Bertz CT molecular complexity index is 168. The molecule has 0 spiro atoms. The van der Waals surface area contributed by atoms with Crippen molar-refractivity contribution < 1.29 is 0 Å². The minimum absolute atomic E-state index is 0.656. The van der Waals surface area contributed by atoms with Crippen LogP contribution in [-0.2, 0) is 0 Å². The quantitative estimate of drug-likeness (QED) is 0.770. The van der Waals surface area contributed by atoms with Gasteiger partial charge in [0.25, 0.3) is 0 Å².